The fraction of sp³-hybridized carbons (Fsp3) is 0.280. The molecular formula is C25H25NO5S. The minimum atomic E-state index is -0.229. The highest BCUT2D eigenvalue weighted by Gasteiger charge is 2.13. The Kier molecular flexibility index (Phi) is 8.81. The predicted molar refractivity (Wildman–Crippen MR) is 126 cm³/mol. The van der Waals surface area contributed by atoms with E-state index in [0.29, 0.717) is 56.7 Å². The lowest BCUT2D eigenvalue weighted by Crippen LogP contribution is -2.13. The number of fused-ring (bicyclic) bond motifs is 1. The van der Waals surface area contributed by atoms with E-state index in [9.17, 15) is 10.1 Å². The van der Waals surface area contributed by atoms with Crippen LogP contribution in [0.25, 0.3) is 15.8 Å². The molecule has 0 radical (unpaired) electrons. The molecule has 166 valence electrons. The first kappa shape index (κ1) is 23.5. The van der Waals surface area contributed by atoms with Crippen LogP contribution in [0.3, 0.4) is 0 Å². The van der Waals surface area contributed by atoms with Crippen molar-refractivity contribution < 1.29 is 18.9 Å². The van der Waals surface area contributed by atoms with E-state index in [1.807, 2.05) is 54.6 Å². The Labute approximate surface area is 191 Å². The smallest absolute Gasteiger partial charge is 0.250 e. The van der Waals surface area contributed by atoms with E-state index in [2.05, 4.69) is 6.58 Å². The van der Waals surface area contributed by atoms with Gasteiger partial charge in [0.2, 0.25) is 0 Å². The van der Waals surface area contributed by atoms with E-state index in [0.717, 1.165) is 27.0 Å². The minimum absolute atomic E-state index is 0.170. The zero-order valence-corrected chi connectivity index (χ0v) is 18.8. The summed E-state index contributed by atoms with van der Waals surface area (Å²) in [6.45, 7) is 8.20. The monoisotopic (exact) mass is 451 g/mol. The van der Waals surface area contributed by atoms with Crippen molar-refractivity contribution in [1.29, 1.82) is 5.26 Å². The van der Waals surface area contributed by atoms with Gasteiger partial charge in [-0.2, -0.15) is 5.26 Å². The number of nitriles is 1. The summed E-state index contributed by atoms with van der Waals surface area (Å²) >= 11 is 1.06. The molecule has 32 heavy (non-hydrogen) atoms. The summed E-state index contributed by atoms with van der Waals surface area (Å²) in [5.74, 6) is 1.27. The van der Waals surface area contributed by atoms with Gasteiger partial charge in [-0.05, 0) is 24.6 Å². The van der Waals surface area contributed by atoms with E-state index in [4.69, 9.17) is 18.9 Å². The maximum Gasteiger partial charge on any atom is 0.250 e. The van der Waals surface area contributed by atoms with Gasteiger partial charge in [-0.15, -0.1) is 0 Å². The van der Waals surface area contributed by atoms with E-state index < -0.39 is 0 Å². The van der Waals surface area contributed by atoms with Crippen molar-refractivity contribution in [3.05, 3.63) is 81.3 Å². The Morgan fingerprint density at radius 2 is 1.66 bits per heavy atom. The molecule has 1 heterocycles. The lowest BCUT2D eigenvalue weighted by atomic mass is 10.1. The van der Waals surface area contributed by atoms with Crippen molar-refractivity contribution in [3.63, 3.8) is 0 Å². The number of hydrogen-bond donors (Lipinski definition) is 0. The first-order valence-corrected chi connectivity index (χ1v) is 11.1. The molecule has 0 amide bonds. The van der Waals surface area contributed by atoms with Crippen molar-refractivity contribution in [2.75, 3.05) is 39.6 Å². The highest BCUT2D eigenvalue weighted by Crippen LogP contribution is 2.31. The second-order valence-electron chi connectivity index (χ2n) is 6.84. The minimum Gasteiger partial charge on any atom is -0.491 e. The van der Waals surface area contributed by atoms with Crippen LogP contribution in [-0.4, -0.2) is 39.6 Å². The van der Waals surface area contributed by atoms with E-state index in [1.165, 1.54) is 0 Å². The van der Waals surface area contributed by atoms with Crippen LogP contribution in [0.1, 0.15) is 16.7 Å². The SMILES string of the molecule is C=C(OCCOCCOCCOc1cccc2sc(=O)c(C#N)c(C)c12)c1ccccc1. The summed E-state index contributed by atoms with van der Waals surface area (Å²) in [7, 11) is 0. The molecule has 6 nitrogen and oxygen atoms in total. The van der Waals surface area contributed by atoms with Crippen molar-refractivity contribution in [2.24, 2.45) is 0 Å². The molecule has 0 fully saturated rings. The molecule has 3 rings (SSSR count). The molecule has 7 heteroatoms. The van der Waals surface area contributed by atoms with Crippen LogP contribution in [0.15, 0.2) is 59.9 Å². The normalized spacial score (nSPS) is 10.6. The zero-order chi connectivity index (χ0) is 22.8. The molecule has 0 aliphatic heterocycles. The second kappa shape index (κ2) is 12.0. The molecule has 3 aromatic rings. The lowest BCUT2D eigenvalue weighted by molar-refractivity contribution is 0.0248. The number of rotatable bonds is 12. The maximum absolute atomic E-state index is 12.0. The van der Waals surface area contributed by atoms with Gasteiger partial charge in [0, 0.05) is 15.6 Å². The van der Waals surface area contributed by atoms with Crippen LogP contribution in [0.2, 0.25) is 0 Å². The van der Waals surface area contributed by atoms with E-state index in [-0.39, 0.29) is 10.3 Å². The average molecular weight is 452 g/mol. The number of benzene rings is 2. The third kappa shape index (κ3) is 6.17. The predicted octanol–water partition coefficient (Wildman–Crippen LogP) is 4.54. The fourth-order valence-corrected chi connectivity index (χ4v) is 4.11. The molecule has 0 aliphatic rings. The average Bonchev–Trinajstić information content (AvgIpc) is 2.80. The summed E-state index contributed by atoms with van der Waals surface area (Å²) < 4.78 is 23.1. The van der Waals surface area contributed by atoms with Gasteiger partial charge < -0.3 is 18.9 Å². The maximum atomic E-state index is 12.0. The molecule has 0 bridgehead atoms. The molecule has 0 spiro atoms. The topological polar surface area (TPSA) is 77.8 Å². The fourth-order valence-electron chi connectivity index (χ4n) is 3.11. The Morgan fingerprint density at radius 3 is 2.38 bits per heavy atom. The van der Waals surface area contributed by atoms with E-state index in [1.54, 1.807) is 6.92 Å². The largest absolute Gasteiger partial charge is 0.491 e. The summed E-state index contributed by atoms with van der Waals surface area (Å²) in [5, 5.41) is 10.1. The molecule has 1 aromatic heterocycles. The van der Waals surface area contributed by atoms with Gasteiger partial charge in [-0.1, -0.05) is 54.3 Å². The van der Waals surface area contributed by atoms with Crippen molar-refractivity contribution in [1.82, 2.24) is 0 Å². The van der Waals surface area contributed by atoms with Gasteiger partial charge in [-0.25, -0.2) is 0 Å². The van der Waals surface area contributed by atoms with Crippen LogP contribution < -0.4 is 9.48 Å². The highest BCUT2D eigenvalue weighted by molar-refractivity contribution is 7.16. The van der Waals surface area contributed by atoms with Gasteiger partial charge in [0.05, 0.1) is 26.4 Å². The summed E-state index contributed by atoms with van der Waals surface area (Å²) in [5.41, 5.74) is 1.77. The number of aryl methyl sites for hydroxylation is 1. The Hall–Kier alpha value is -3.18. The van der Waals surface area contributed by atoms with Gasteiger partial charge in [-0.3, -0.25) is 4.79 Å². The van der Waals surface area contributed by atoms with Crippen molar-refractivity contribution >= 4 is 27.2 Å². The van der Waals surface area contributed by atoms with Crippen LogP contribution >= 0.6 is 11.3 Å². The molecule has 0 atom stereocenters. The van der Waals surface area contributed by atoms with Crippen molar-refractivity contribution in [3.8, 4) is 11.8 Å². The van der Waals surface area contributed by atoms with Crippen LogP contribution in [0.4, 0.5) is 0 Å². The number of ether oxygens (including phenoxy) is 4. The van der Waals surface area contributed by atoms with Crippen LogP contribution in [0, 0.1) is 18.3 Å². The van der Waals surface area contributed by atoms with Gasteiger partial charge >= 0.3 is 0 Å². The molecule has 0 N–H and O–H groups in total. The van der Waals surface area contributed by atoms with Gasteiger partial charge in [0.15, 0.2) is 0 Å². The Morgan fingerprint density at radius 1 is 0.969 bits per heavy atom. The first-order chi connectivity index (χ1) is 15.6. The van der Waals surface area contributed by atoms with Crippen LogP contribution in [0.5, 0.6) is 5.75 Å². The lowest BCUT2D eigenvalue weighted by Gasteiger charge is -2.12. The quantitative estimate of drug-likeness (QED) is 0.297. The molecule has 0 saturated heterocycles. The summed E-state index contributed by atoms with van der Waals surface area (Å²) in [4.78, 5) is 12.0. The third-order valence-corrected chi connectivity index (χ3v) is 5.66. The molecular weight excluding hydrogens is 426 g/mol. The molecule has 0 unspecified atom stereocenters. The third-order valence-electron chi connectivity index (χ3n) is 4.71. The van der Waals surface area contributed by atoms with Gasteiger partial charge in [0.25, 0.3) is 4.74 Å². The van der Waals surface area contributed by atoms with Crippen LogP contribution in [-0.2, 0) is 14.2 Å². The van der Waals surface area contributed by atoms with Crippen molar-refractivity contribution in [2.45, 2.75) is 6.92 Å². The Balaban J connectivity index is 1.33. The number of hydrogen-bond acceptors (Lipinski definition) is 7. The second-order valence-corrected chi connectivity index (χ2v) is 7.86. The van der Waals surface area contributed by atoms with E-state index >= 15 is 0 Å². The van der Waals surface area contributed by atoms with Gasteiger partial charge in [0.1, 0.15) is 36.4 Å². The number of nitrogens with zero attached hydrogens (tertiary/aromatic N) is 1. The first-order valence-electron chi connectivity index (χ1n) is 10.2. The zero-order valence-electron chi connectivity index (χ0n) is 18.0. The Bertz CT molecular complexity index is 1150. The molecule has 0 saturated carbocycles. The summed E-state index contributed by atoms with van der Waals surface area (Å²) in [6, 6.07) is 17.2. The molecule has 2 aromatic carbocycles. The standard InChI is InChI=1S/C25H25NO5S/c1-18-21(17-26)25(27)32-23-10-6-9-22(24(18)23)31-16-14-29-12-11-28-13-15-30-19(2)20-7-4-3-5-8-20/h3-10H,2,11-16H2,1H3. The highest BCUT2D eigenvalue weighted by atomic mass is 32.1. The summed E-state index contributed by atoms with van der Waals surface area (Å²) in [6.07, 6.45) is 0. The molecule has 0 aliphatic carbocycles.